The molecule has 7 heteroatoms. The normalized spacial score (nSPS) is 15.1. The SMILES string of the molecule is O=C(Oc1ccc2c(c1)OC(=Cc1ccc3c(c1)OCO3)C2=O)c1ccccc1Cl. The first-order chi connectivity index (χ1) is 14.6. The number of rotatable bonds is 3. The molecule has 0 saturated heterocycles. The van der Waals surface area contributed by atoms with Gasteiger partial charge in [-0.25, -0.2) is 4.79 Å². The fourth-order valence-corrected chi connectivity index (χ4v) is 3.39. The smallest absolute Gasteiger partial charge is 0.345 e. The van der Waals surface area contributed by atoms with Gasteiger partial charge in [-0.05, 0) is 48.0 Å². The van der Waals surface area contributed by atoms with Gasteiger partial charge in [0, 0.05) is 6.07 Å². The number of hydrogen-bond acceptors (Lipinski definition) is 6. The molecular formula is C23H13ClO6. The van der Waals surface area contributed by atoms with Gasteiger partial charge in [-0.15, -0.1) is 0 Å². The zero-order valence-electron chi connectivity index (χ0n) is 15.4. The summed E-state index contributed by atoms with van der Waals surface area (Å²) < 4.78 is 21.7. The number of esters is 1. The topological polar surface area (TPSA) is 71.1 Å². The van der Waals surface area contributed by atoms with E-state index >= 15 is 0 Å². The molecule has 0 N–H and O–H groups in total. The maximum atomic E-state index is 12.7. The molecule has 30 heavy (non-hydrogen) atoms. The summed E-state index contributed by atoms with van der Waals surface area (Å²) in [7, 11) is 0. The number of Topliss-reactive ketones (excluding diaryl/α,β-unsaturated/α-hetero) is 1. The van der Waals surface area contributed by atoms with Gasteiger partial charge in [-0.3, -0.25) is 4.79 Å². The molecule has 0 bridgehead atoms. The van der Waals surface area contributed by atoms with Gasteiger partial charge in [0.2, 0.25) is 12.6 Å². The van der Waals surface area contributed by atoms with Crippen LogP contribution in [0.5, 0.6) is 23.0 Å². The molecule has 2 aliphatic rings. The van der Waals surface area contributed by atoms with Crippen LogP contribution in [0, 0.1) is 0 Å². The van der Waals surface area contributed by atoms with E-state index < -0.39 is 5.97 Å². The first kappa shape index (κ1) is 18.3. The van der Waals surface area contributed by atoms with Gasteiger partial charge in [0.15, 0.2) is 17.3 Å². The number of ether oxygens (including phenoxy) is 4. The van der Waals surface area contributed by atoms with Gasteiger partial charge >= 0.3 is 5.97 Å². The van der Waals surface area contributed by atoms with Crippen molar-refractivity contribution in [2.45, 2.75) is 0 Å². The quantitative estimate of drug-likeness (QED) is 0.341. The molecule has 0 aliphatic carbocycles. The molecule has 6 nitrogen and oxygen atoms in total. The van der Waals surface area contributed by atoms with Crippen LogP contribution >= 0.6 is 11.6 Å². The summed E-state index contributed by atoms with van der Waals surface area (Å²) in [6.07, 6.45) is 1.62. The average Bonchev–Trinajstić information content (AvgIpc) is 3.32. The Kier molecular flexibility index (Phi) is 4.41. The van der Waals surface area contributed by atoms with Crippen molar-refractivity contribution in [2.24, 2.45) is 0 Å². The van der Waals surface area contributed by atoms with Crippen LogP contribution in [0.4, 0.5) is 0 Å². The first-order valence-electron chi connectivity index (χ1n) is 9.03. The lowest BCUT2D eigenvalue weighted by Gasteiger charge is -2.06. The third-order valence-corrected chi connectivity index (χ3v) is 4.97. The molecule has 3 aromatic rings. The van der Waals surface area contributed by atoms with Crippen LogP contribution in [0.15, 0.2) is 66.4 Å². The van der Waals surface area contributed by atoms with E-state index in [9.17, 15) is 9.59 Å². The van der Waals surface area contributed by atoms with E-state index in [1.807, 2.05) is 0 Å². The van der Waals surface area contributed by atoms with Crippen molar-refractivity contribution < 1.29 is 28.5 Å². The van der Waals surface area contributed by atoms with Crippen molar-refractivity contribution in [3.05, 3.63) is 88.1 Å². The van der Waals surface area contributed by atoms with E-state index in [2.05, 4.69) is 0 Å². The molecule has 5 rings (SSSR count). The third kappa shape index (κ3) is 3.27. The summed E-state index contributed by atoms with van der Waals surface area (Å²) in [6.45, 7) is 0.173. The number of carbonyl (C=O) groups excluding carboxylic acids is 2. The van der Waals surface area contributed by atoms with Crippen molar-refractivity contribution in [2.75, 3.05) is 6.79 Å². The molecule has 2 aliphatic heterocycles. The molecule has 0 atom stereocenters. The lowest BCUT2D eigenvalue weighted by atomic mass is 10.1. The number of hydrogen-bond donors (Lipinski definition) is 0. The van der Waals surface area contributed by atoms with Gasteiger partial charge < -0.3 is 18.9 Å². The second-order valence-corrected chi connectivity index (χ2v) is 6.99. The highest BCUT2D eigenvalue weighted by molar-refractivity contribution is 6.33. The molecule has 0 fully saturated rings. The lowest BCUT2D eigenvalue weighted by Crippen LogP contribution is -2.09. The van der Waals surface area contributed by atoms with Gasteiger partial charge in [0.1, 0.15) is 11.5 Å². The minimum absolute atomic E-state index is 0.165. The Morgan fingerprint density at radius 2 is 1.80 bits per heavy atom. The largest absolute Gasteiger partial charge is 0.454 e. The number of carbonyl (C=O) groups is 2. The summed E-state index contributed by atoms with van der Waals surface area (Å²) in [5.74, 6) is 1.14. The second kappa shape index (κ2) is 7.24. The average molecular weight is 421 g/mol. The van der Waals surface area contributed by atoms with E-state index in [4.69, 9.17) is 30.5 Å². The molecule has 2 heterocycles. The Labute approximate surface area is 176 Å². The van der Waals surface area contributed by atoms with E-state index in [1.54, 1.807) is 60.7 Å². The molecule has 148 valence electrons. The van der Waals surface area contributed by atoms with E-state index in [0.29, 0.717) is 27.8 Å². The fourth-order valence-electron chi connectivity index (χ4n) is 3.17. The molecule has 0 amide bonds. The maximum absolute atomic E-state index is 12.7. The Morgan fingerprint density at radius 1 is 0.967 bits per heavy atom. The van der Waals surface area contributed by atoms with Gasteiger partial charge in [-0.1, -0.05) is 29.8 Å². The van der Waals surface area contributed by atoms with Crippen LogP contribution in [0.25, 0.3) is 6.08 Å². The Bertz CT molecular complexity index is 1230. The van der Waals surface area contributed by atoms with Gasteiger partial charge in [-0.2, -0.15) is 0 Å². The highest BCUT2D eigenvalue weighted by Crippen LogP contribution is 2.37. The summed E-state index contributed by atoms with van der Waals surface area (Å²) in [4.78, 5) is 25.0. The van der Waals surface area contributed by atoms with Crippen molar-refractivity contribution in [3.8, 4) is 23.0 Å². The maximum Gasteiger partial charge on any atom is 0.345 e. The van der Waals surface area contributed by atoms with Crippen LogP contribution in [-0.2, 0) is 0 Å². The van der Waals surface area contributed by atoms with Crippen LogP contribution in [0.1, 0.15) is 26.3 Å². The monoisotopic (exact) mass is 420 g/mol. The number of allylic oxidation sites excluding steroid dienone is 1. The summed E-state index contributed by atoms with van der Waals surface area (Å²) in [5, 5.41) is 0.295. The summed E-state index contributed by atoms with van der Waals surface area (Å²) in [5.41, 5.74) is 1.38. The summed E-state index contributed by atoms with van der Waals surface area (Å²) in [6, 6.07) is 16.5. The zero-order chi connectivity index (χ0) is 20.7. The van der Waals surface area contributed by atoms with Gasteiger partial charge in [0.25, 0.3) is 0 Å². The molecule has 0 spiro atoms. The predicted molar refractivity (Wildman–Crippen MR) is 108 cm³/mol. The molecule has 0 saturated carbocycles. The third-order valence-electron chi connectivity index (χ3n) is 4.64. The molecular weight excluding hydrogens is 408 g/mol. The predicted octanol–water partition coefficient (Wildman–Crippen LogP) is 4.90. The van der Waals surface area contributed by atoms with E-state index in [0.717, 1.165) is 5.56 Å². The van der Waals surface area contributed by atoms with Crippen LogP contribution in [0.2, 0.25) is 5.02 Å². The van der Waals surface area contributed by atoms with Crippen molar-refractivity contribution in [3.63, 3.8) is 0 Å². The molecule has 3 aromatic carbocycles. The highest BCUT2D eigenvalue weighted by atomic mass is 35.5. The zero-order valence-corrected chi connectivity index (χ0v) is 16.1. The molecule has 0 unspecified atom stereocenters. The van der Waals surface area contributed by atoms with Crippen molar-refractivity contribution in [1.82, 2.24) is 0 Å². The lowest BCUT2D eigenvalue weighted by molar-refractivity contribution is 0.0734. The minimum Gasteiger partial charge on any atom is -0.454 e. The molecule has 0 aromatic heterocycles. The minimum atomic E-state index is -0.596. The Morgan fingerprint density at radius 3 is 2.67 bits per heavy atom. The van der Waals surface area contributed by atoms with Crippen LogP contribution in [0.3, 0.4) is 0 Å². The molecule has 0 radical (unpaired) electrons. The van der Waals surface area contributed by atoms with Crippen LogP contribution < -0.4 is 18.9 Å². The van der Waals surface area contributed by atoms with Crippen molar-refractivity contribution >= 4 is 29.4 Å². The standard InChI is InChI=1S/C23H13ClO6/c24-17-4-2-1-3-15(17)23(26)29-14-6-7-16-19(11-14)30-21(22(16)25)10-13-5-8-18-20(9-13)28-12-27-18/h1-11H,12H2. The highest BCUT2D eigenvalue weighted by Gasteiger charge is 2.28. The number of ketones is 1. The Balaban J connectivity index is 1.38. The van der Waals surface area contributed by atoms with Crippen molar-refractivity contribution in [1.29, 1.82) is 0 Å². The van der Waals surface area contributed by atoms with E-state index in [-0.39, 0.29) is 29.6 Å². The van der Waals surface area contributed by atoms with E-state index in [1.165, 1.54) is 6.07 Å². The fraction of sp³-hybridized carbons (Fsp3) is 0.0435. The number of fused-ring (bicyclic) bond motifs is 2. The Hall–Kier alpha value is -3.77. The number of halogens is 1. The number of benzene rings is 3. The van der Waals surface area contributed by atoms with Gasteiger partial charge in [0.05, 0.1) is 16.1 Å². The second-order valence-electron chi connectivity index (χ2n) is 6.58. The summed E-state index contributed by atoms with van der Waals surface area (Å²) >= 11 is 6.04. The first-order valence-corrected chi connectivity index (χ1v) is 9.41. The van der Waals surface area contributed by atoms with Crippen LogP contribution in [-0.4, -0.2) is 18.5 Å².